The van der Waals surface area contributed by atoms with Gasteiger partial charge in [-0.05, 0) is 33.7 Å². The molecule has 0 aliphatic heterocycles. The summed E-state index contributed by atoms with van der Waals surface area (Å²) in [6, 6.07) is 28.1. The first-order valence-electron chi connectivity index (χ1n) is 9.78. The maximum absolute atomic E-state index is 4.82. The monoisotopic (exact) mass is 369 g/mol. The van der Waals surface area contributed by atoms with Gasteiger partial charge in [-0.25, -0.2) is 4.98 Å². The molecule has 0 spiro atoms. The molecule has 0 fully saturated rings. The van der Waals surface area contributed by atoms with Crippen LogP contribution in [0.2, 0.25) is 0 Å². The van der Waals surface area contributed by atoms with E-state index in [1.165, 1.54) is 43.2 Å². The van der Waals surface area contributed by atoms with Crippen LogP contribution in [-0.4, -0.2) is 14.4 Å². The van der Waals surface area contributed by atoms with Crippen LogP contribution in [0.5, 0.6) is 0 Å². The van der Waals surface area contributed by atoms with Gasteiger partial charge in [-0.2, -0.15) is 0 Å². The van der Waals surface area contributed by atoms with Gasteiger partial charge in [-0.15, -0.1) is 0 Å². The Labute approximate surface area is 165 Å². The van der Waals surface area contributed by atoms with Crippen LogP contribution >= 0.6 is 0 Å². The second-order valence-electron chi connectivity index (χ2n) is 7.49. The molecular formula is C26H15N3. The van der Waals surface area contributed by atoms with E-state index < -0.39 is 0 Å². The zero-order valence-corrected chi connectivity index (χ0v) is 15.5. The summed E-state index contributed by atoms with van der Waals surface area (Å²) in [6.07, 6.45) is 3.58. The highest BCUT2D eigenvalue weighted by Crippen LogP contribution is 2.41. The van der Waals surface area contributed by atoms with Crippen LogP contribution in [0.4, 0.5) is 0 Å². The predicted octanol–water partition coefficient (Wildman–Crippen LogP) is 6.50. The van der Waals surface area contributed by atoms with Crippen molar-refractivity contribution in [2.24, 2.45) is 0 Å². The van der Waals surface area contributed by atoms with Gasteiger partial charge in [0.2, 0.25) is 0 Å². The van der Waals surface area contributed by atoms with Crippen molar-refractivity contribution in [1.29, 1.82) is 0 Å². The van der Waals surface area contributed by atoms with Gasteiger partial charge in [0.1, 0.15) is 5.52 Å². The summed E-state index contributed by atoms with van der Waals surface area (Å²) in [5.41, 5.74) is 4.18. The smallest absolute Gasteiger partial charge is 0.164 e. The number of nitrogens with zero attached hydrogens (tertiary/aromatic N) is 3. The van der Waals surface area contributed by atoms with Crippen LogP contribution in [0.25, 0.3) is 59.9 Å². The normalized spacial score (nSPS) is 12.1. The van der Waals surface area contributed by atoms with Crippen LogP contribution < -0.4 is 0 Å². The standard InChI is InChI=1S/C26H15N3/c1-6-12-21-16(7-1)15-22-23-19-10-4-2-8-17(19)18-9-3-5-11-20(18)24(23)25-26(29(21)22)28-14-13-27-25/h1-15H. The zero-order chi connectivity index (χ0) is 18.9. The van der Waals surface area contributed by atoms with Crippen molar-refractivity contribution in [3.63, 3.8) is 0 Å². The van der Waals surface area contributed by atoms with E-state index in [2.05, 4.69) is 83.3 Å². The Balaban J connectivity index is 1.98. The van der Waals surface area contributed by atoms with E-state index in [1.54, 1.807) is 12.4 Å². The highest BCUT2D eigenvalue weighted by atomic mass is 15.0. The SMILES string of the molecule is c1ccc2c(c1)cc1c3c4ccccc4c4ccccc4c3c3nccnc3n21. The minimum absolute atomic E-state index is 0.900. The molecule has 0 amide bonds. The molecule has 0 aliphatic rings. The second kappa shape index (κ2) is 5.30. The lowest BCUT2D eigenvalue weighted by atomic mass is 9.94. The molecule has 0 atom stereocenters. The highest BCUT2D eigenvalue weighted by molar-refractivity contribution is 6.34. The molecule has 0 bridgehead atoms. The van der Waals surface area contributed by atoms with Crippen molar-refractivity contribution in [3.8, 4) is 0 Å². The van der Waals surface area contributed by atoms with Crippen LogP contribution in [0.15, 0.2) is 91.3 Å². The molecule has 3 heterocycles. The summed E-state index contributed by atoms with van der Waals surface area (Å²) in [4.78, 5) is 9.59. The summed E-state index contributed by atoms with van der Waals surface area (Å²) in [6.45, 7) is 0. The van der Waals surface area contributed by atoms with Crippen molar-refractivity contribution in [2.45, 2.75) is 0 Å². The highest BCUT2D eigenvalue weighted by Gasteiger charge is 2.18. The van der Waals surface area contributed by atoms with Gasteiger partial charge in [0.05, 0.1) is 11.0 Å². The maximum atomic E-state index is 4.82. The van der Waals surface area contributed by atoms with Gasteiger partial charge in [0.25, 0.3) is 0 Å². The van der Waals surface area contributed by atoms with Crippen LogP contribution in [0, 0.1) is 0 Å². The van der Waals surface area contributed by atoms with E-state index in [0.717, 1.165) is 16.7 Å². The molecule has 29 heavy (non-hydrogen) atoms. The largest absolute Gasteiger partial charge is 0.292 e. The summed E-state index contributed by atoms with van der Waals surface area (Å²) in [7, 11) is 0. The average molecular weight is 369 g/mol. The summed E-state index contributed by atoms with van der Waals surface area (Å²) >= 11 is 0. The Morgan fingerprint density at radius 3 is 1.97 bits per heavy atom. The van der Waals surface area contributed by atoms with Gasteiger partial charge in [-0.3, -0.25) is 9.38 Å². The number of aromatic nitrogens is 3. The first kappa shape index (κ1) is 15.0. The van der Waals surface area contributed by atoms with E-state index in [-0.39, 0.29) is 0 Å². The first-order chi connectivity index (χ1) is 14.4. The Bertz CT molecular complexity index is 1760. The fourth-order valence-corrected chi connectivity index (χ4v) is 4.89. The lowest BCUT2D eigenvalue weighted by molar-refractivity contribution is 1.21. The summed E-state index contributed by atoms with van der Waals surface area (Å²) in [5.74, 6) is 0. The minimum Gasteiger partial charge on any atom is -0.292 e. The number of hydrogen-bond donors (Lipinski definition) is 0. The lowest BCUT2D eigenvalue weighted by Crippen LogP contribution is -1.96. The number of benzene rings is 4. The number of rotatable bonds is 0. The number of para-hydroxylation sites is 1. The Morgan fingerprint density at radius 2 is 1.17 bits per heavy atom. The Morgan fingerprint density at radius 1 is 0.552 bits per heavy atom. The fourth-order valence-electron chi connectivity index (χ4n) is 4.89. The van der Waals surface area contributed by atoms with Crippen LogP contribution in [-0.2, 0) is 0 Å². The minimum atomic E-state index is 0.900. The van der Waals surface area contributed by atoms with Crippen molar-refractivity contribution in [1.82, 2.24) is 14.4 Å². The van der Waals surface area contributed by atoms with Gasteiger partial charge < -0.3 is 0 Å². The molecule has 0 N–H and O–H groups in total. The van der Waals surface area contributed by atoms with Gasteiger partial charge in [0, 0.05) is 28.6 Å². The van der Waals surface area contributed by atoms with Crippen molar-refractivity contribution in [2.75, 3.05) is 0 Å². The van der Waals surface area contributed by atoms with Crippen molar-refractivity contribution < 1.29 is 0 Å². The second-order valence-corrected chi connectivity index (χ2v) is 7.49. The van der Waals surface area contributed by atoms with Crippen LogP contribution in [0.3, 0.4) is 0 Å². The van der Waals surface area contributed by atoms with E-state index in [1.807, 2.05) is 0 Å². The molecule has 0 aliphatic carbocycles. The van der Waals surface area contributed by atoms with Gasteiger partial charge in [0.15, 0.2) is 5.65 Å². The molecule has 0 radical (unpaired) electrons. The predicted molar refractivity (Wildman–Crippen MR) is 121 cm³/mol. The van der Waals surface area contributed by atoms with E-state index in [9.17, 15) is 0 Å². The van der Waals surface area contributed by atoms with Gasteiger partial charge in [-0.1, -0.05) is 66.7 Å². The molecule has 3 aromatic heterocycles. The first-order valence-corrected chi connectivity index (χ1v) is 9.78. The molecular weight excluding hydrogens is 354 g/mol. The molecule has 7 aromatic rings. The molecule has 4 aromatic carbocycles. The third-order valence-electron chi connectivity index (χ3n) is 6.03. The third kappa shape index (κ3) is 1.82. The van der Waals surface area contributed by atoms with Gasteiger partial charge >= 0.3 is 0 Å². The topological polar surface area (TPSA) is 30.2 Å². The number of fused-ring (bicyclic) bond motifs is 13. The van der Waals surface area contributed by atoms with E-state index in [4.69, 9.17) is 9.97 Å². The summed E-state index contributed by atoms with van der Waals surface area (Å²) in [5, 5.41) is 8.63. The molecule has 3 heteroatoms. The number of hydrogen-bond acceptors (Lipinski definition) is 2. The molecule has 0 saturated heterocycles. The van der Waals surface area contributed by atoms with E-state index in [0.29, 0.717) is 0 Å². The fraction of sp³-hybridized carbons (Fsp3) is 0. The van der Waals surface area contributed by atoms with Crippen molar-refractivity contribution >= 4 is 59.9 Å². The van der Waals surface area contributed by atoms with E-state index >= 15 is 0 Å². The molecule has 3 nitrogen and oxygen atoms in total. The third-order valence-corrected chi connectivity index (χ3v) is 6.03. The molecule has 0 saturated carbocycles. The maximum Gasteiger partial charge on any atom is 0.164 e. The number of pyridine rings is 1. The lowest BCUT2D eigenvalue weighted by Gasteiger charge is -2.14. The quantitative estimate of drug-likeness (QED) is 0.286. The molecule has 7 rings (SSSR count). The molecule has 0 unspecified atom stereocenters. The average Bonchev–Trinajstić information content (AvgIpc) is 3.18. The Kier molecular flexibility index (Phi) is 2.74. The zero-order valence-electron chi connectivity index (χ0n) is 15.5. The summed E-state index contributed by atoms with van der Waals surface area (Å²) < 4.78 is 2.27. The van der Waals surface area contributed by atoms with Crippen molar-refractivity contribution in [3.05, 3.63) is 91.3 Å². The Hall–Kier alpha value is -3.98. The molecule has 134 valence electrons. The van der Waals surface area contributed by atoms with Crippen LogP contribution in [0.1, 0.15) is 0 Å².